The van der Waals surface area contributed by atoms with Crippen LogP contribution < -0.4 is 9.47 Å². The van der Waals surface area contributed by atoms with Crippen molar-refractivity contribution < 1.29 is 13.9 Å². The minimum Gasteiger partial charge on any atom is -0.485 e. The fourth-order valence-corrected chi connectivity index (χ4v) is 1.65. The SMILES string of the molecule is S=c1[nH]nc([C@@H]2COc3ccccc3O2)o1. The third kappa shape index (κ3) is 1.57. The summed E-state index contributed by atoms with van der Waals surface area (Å²) in [6.45, 7) is 0.361. The van der Waals surface area contributed by atoms with Crippen LogP contribution >= 0.6 is 12.2 Å². The summed E-state index contributed by atoms with van der Waals surface area (Å²) >= 11 is 4.80. The molecule has 0 aliphatic carbocycles. The van der Waals surface area contributed by atoms with Crippen molar-refractivity contribution in [3.8, 4) is 11.5 Å². The van der Waals surface area contributed by atoms with Crippen LogP contribution in [0.1, 0.15) is 12.0 Å². The van der Waals surface area contributed by atoms with Gasteiger partial charge >= 0.3 is 0 Å². The number of rotatable bonds is 1. The van der Waals surface area contributed by atoms with E-state index in [4.69, 9.17) is 26.1 Å². The molecule has 0 saturated heterocycles. The summed E-state index contributed by atoms with van der Waals surface area (Å²) in [5.41, 5.74) is 0. The van der Waals surface area contributed by atoms with Crippen LogP contribution in [-0.2, 0) is 0 Å². The number of benzene rings is 1. The Labute approximate surface area is 96.0 Å². The second kappa shape index (κ2) is 3.64. The van der Waals surface area contributed by atoms with Crippen molar-refractivity contribution in [2.45, 2.75) is 6.10 Å². The Morgan fingerprint density at radius 1 is 1.31 bits per heavy atom. The van der Waals surface area contributed by atoms with E-state index in [1.165, 1.54) is 0 Å². The third-order valence-corrected chi connectivity index (χ3v) is 2.41. The first-order chi connectivity index (χ1) is 7.83. The molecule has 3 rings (SSSR count). The van der Waals surface area contributed by atoms with Crippen LogP contribution in [0.15, 0.2) is 28.7 Å². The van der Waals surface area contributed by atoms with E-state index >= 15 is 0 Å². The highest BCUT2D eigenvalue weighted by Gasteiger charge is 2.26. The maximum Gasteiger partial charge on any atom is 0.284 e. The number of fused-ring (bicyclic) bond motifs is 1. The molecule has 1 aromatic heterocycles. The van der Waals surface area contributed by atoms with Gasteiger partial charge in [0.2, 0.25) is 6.10 Å². The maximum atomic E-state index is 5.68. The Bertz CT molecular complexity index is 563. The number of H-pyrrole nitrogens is 1. The maximum absolute atomic E-state index is 5.68. The largest absolute Gasteiger partial charge is 0.485 e. The van der Waals surface area contributed by atoms with Crippen LogP contribution in [0, 0.1) is 4.84 Å². The van der Waals surface area contributed by atoms with E-state index in [1.807, 2.05) is 24.3 Å². The molecule has 16 heavy (non-hydrogen) atoms. The molecule has 5 nitrogen and oxygen atoms in total. The number of hydrogen-bond donors (Lipinski definition) is 1. The molecule has 1 aromatic carbocycles. The average molecular weight is 236 g/mol. The van der Waals surface area contributed by atoms with Crippen molar-refractivity contribution in [1.29, 1.82) is 0 Å². The lowest BCUT2D eigenvalue weighted by Crippen LogP contribution is -2.21. The predicted octanol–water partition coefficient (Wildman–Crippen LogP) is 2.24. The minimum atomic E-state index is -0.358. The molecule has 0 radical (unpaired) electrons. The molecule has 2 heterocycles. The van der Waals surface area contributed by atoms with Gasteiger partial charge in [-0.2, -0.15) is 0 Å². The van der Waals surface area contributed by atoms with Crippen LogP contribution in [0.4, 0.5) is 0 Å². The Balaban J connectivity index is 1.90. The fraction of sp³-hybridized carbons (Fsp3) is 0.200. The van der Waals surface area contributed by atoms with Crippen molar-refractivity contribution in [1.82, 2.24) is 10.2 Å². The Kier molecular flexibility index (Phi) is 2.14. The van der Waals surface area contributed by atoms with Crippen LogP contribution in [0.3, 0.4) is 0 Å². The summed E-state index contributed by atoms with van der Waals surface area (Å²) in [6, 6.07) is 7.46. The number of ether oxygens (including phenoxy) is 2. The standard InChI is InChI=1S/C10H8N2O3S/c16-10-12-11-9(15-10)8-5-13-6-3-1-2-4-7(6)14-8/h1-4,8H,5H2,(H,12,16)/t8-/m0/s1. The molecule has 0 saturated carbocycles. The summed E-state index contributed by atoms with van der Waals surface area (Å²) < 4.78 is 16.4. The van der Waals surface area contributed by atoms with Crippen LogP contribution in [-0.4, -0.2) is 16.8 Å². The molecule has 2 aromatic rings. The highest BCUT2D eigenvalue weighted by atomic mass is 32.1. The van der Waals surface area contributed by atoms with Gasteiger partial charge in [0, 0.05) is 0 Å². The van der Waals surface area contributed by atoms with E-state index in [0.29, 0.717) is 18.2 Å². The van der Waals surface area contributed by atoms with E-state index in [1.54, 1.807) is 0 Å². The Morgan fingerprint density at radius 3 is 2.88 bits per heavy atom. The van der Waals surface area contributed by atoms with E-state index in [0.717, 1.165) is 5.75 Å². The van der Waals surface area contributed by atoms with Gasteiger partial charge in [-0.05, 0) is 24.4 Å². The molecule has 0 amide bonds. The zero-order chi connectivity index (χ0) is 11.0. The summed E-state index contributed by atoms with van der Waals surface area (Å²) in [5, 5.41) is 6.46. The van der Waals surface area contributed by atoms with Crippen molar-refractivity contribution >= 4 is 12.2 Å². The molecular weight excluding hydrogens is 228 g/mol. The summed E-state index contributed by atoms with van der Waals surface area (Å²) in [7, 11) is 0. The molecule has 0 unspecified atom stereocenters. The first-order valence-corrected chi connectivity index (χ1v) is 5.17. The Hall–Kier alpha value is -1.82. The number of hydrogen-bond acceptors (Lipinski definition) is 5. The lowest BCUT2D eigenvalue weighted by Gasteiger charge is -2.23. The van der Waals surface area contributed by atoms with Crippen molar-refractivity contribution in [2.75, 3.05) is 6.61 Å². The normalized spacial score (nSPS) is 18.4. The highest BCUT2D eigenvalue weighted by molar-refractivity contribution is 7.71. The van der Waals surface area contributed by atoms with Gasteiger partial charge in [-0.1, -0.05) is 12.1 Å². The summed E-state index contributed by atoms with van der Waals surface area (Å²) in [6.07, 6.45) is -0.358. The first kappa shape index (κ1) is 9.41. The van der Waals surface area contributed by atoms with E-state index in [9.17, 15) is 0 Å². The molecule has 0 fully saturated rings. The lowest BCUT2D eigenvalue weighted by molar-refractivity contribution is 0.0708. The molecule has 0 bridgehead atoms. The van der Waals surface area contributed by atoms with Gasteiger partial charge in [-0.25, -0.2) is 5.10 Å². The first-order valence-electron chi connectivity index (χ1n) is 4.77. The van der Waals surface area contributed by atoms with Gasteiger partial charge in [-0.15, -0.1) is 5.10 Å². The topological polar surface area (TPSA) is 60.3 Å². The molecule has 82 valence electrons. The van der Waals surface area contributed by atoms with Crippen molar-refractivity contribution in [3.63, 3.8) is 0 Å². The molecule has 1 aliphatic heterocycles. The number of nitrogens with zero attached hydrogens (tertiary/aromatic N) is 1. The number of para-hydroxylation sites is 2. The smallest absolute Gasteiger partial charge is 0.284 e. The molecule has 6 heteroatoms. The predicted molar refractivity (Wildman–Crippen MR) is 57.0 cm³/mol. The van der Waals surface area contributed by atoms with Gasteiger partial charge < -0.3 is 13.9 Å². The molecule has 1 atom stereocenters. The second-order valence-corrected chi connectivity index (χ2v) is 3.69. The molecular formula is C10H8N2O3S. The molecule has 0 spiro atoms. The number of aromatic amines is 1. The minimum absolute atomic E-state index is 0.234. The molecule has 1 aliphatic rings. The average Bonchev–Trinajstić information content (AvgIpc) is 2.75. The van der Waals surface area contributed by atoms with Gasteiger partial charge in [0.25, 0.3) is 10.7 Å². The van der Waals surface area contributed by atoms with Crippen LogP contribution in [0.25, 0.3) is 0 Å². The quantitative estimate of drug-likeness (QED) is 0.769. The van der Waals surface area contributed by atoms with Gasteiger partial charge in [0.15, 0.2) is 11.5 Å². The van der Waals surface area contributed by atoms with Crippen LogP contribution in [0.5, 0.6) is 11.5 Å². The Morgan fingerprint density at radius 2 is 2.12 bits per heavy atom. The van der Waals surface area contributed by atoms with Crippen molar-refractivity contribution in [3.05, 3.63) is 35.0 Å². The van der Waals surface area contributed by atoms with Crippen molar-refractivity contribution in [2.24, 2.45) is 0 Å². The number of nitrogens with one attached hydrogen (secondary N) is 1. The summed E-state index contributed by atoms with van der Waals surface area (Å²) in [5.74, 6) is 1.82. The second-order valence-electron chi connectivity index (χ2n) is 3.32. The zero-order valence-corrected chi connectivity index (χ0v) is 8.99. The lowest BCUT2D eigenvalue weighted by atomic mass is 10.2. The highest BCUT2D eigenvalue weighted by Crippen LogP contribution is 2.35. The summed E-state index contributed by atoms with van der Waals surface area (Å²) in [4.78, 5) is 0.234. The van der Waals surface area contributed by atoms with Gasteiger partial charge in [0.05, 0.1) is 0 Å². The molecule has 1 N–H and O–H groups in total. The van der Waals surface area contributed by atoms with Crippen LogP contribution in [0.2, 0.25) is 0 Å². The zero-order valence-electron chi connectivity index (χ0n) is 8.17. The number of aromatic nitrogens is 2. The monoisotopic (exact) mass is 236 g/mol. The van der Waals surface area contributed by atoms with E-state index in [-0.39, 0.29) is 10.9 Å². The third-order valence-electron chi connectivity index (χ3n) is 2.24. The van der Waals surface area contributed by atoms with Gasteiger partial charge in [0.1, 0.15) is 6.61 Å². The van der Waals surface area contributed by atoms with E-state index in [2.05, 4.69) is 10.2 Å². The van der Waals surface area contributed by atoms with E-state index < -0.39 is 0 Å². The fourth-order valence-electron chi connectivity index (χ4n) is 1.52. The van der Waals surface area contributed by atoms with Gasteiger partial charge in [-0.3, -0.25) is 0 Å².